The first-order chi connectivity index (χ1) is 16.1. The standard InChI is InChI=1S/C30H38F2O/c1-3-5-6-21-7-9-22(10-8-21)23-11-13-24(14-12-23)25-15-17-26(18-16-25)27-19-20-28(33-4-2)30(32)29(27)31/h11,13,15-24H,3-10,12,14H2,1-2H3. The Morgan fingerprint density at radius 1 is 0.818 bits per heavy atom. The van der Waals surface area contributed by atoms with Gasteiger partial charge in [0.2, 0.25) is 5.82 Å². The van der Waals surface area contributed by atoms with Gasteiger partial charge in [-0.25, -0.2) is 4.39 Å². The van der Waals surface area contributed by atoms with E-state index in [0.717, 1.165) is 17.8 Å². The molecule has 2 aliphatic rings. The molecule has 1 fully saturated rings. The highest BCUT2D eigenvalue weighted by Gasteiger charge is 2.28. The lowest BCUT2D eigenvalue weighted by atomic mass is 9.70. The van der Waals surface area contributed by atoms with Gasteiger partial charge in [-0.3, -0.25) is 0 Å². The molecular formula is C30H38F2O. The number of benzene rings is 2. The maximum absolute atomic E-state index is 14.6. The molecule has 33 heavy (non-hydrogen) atoms. The Morgan fingerprint density at radius 3 is 2.21 bits per heavy atom. The zero-order chi connectivity index (χ0) is 23.2. The summed E-state index contributed by atoms with van der Waals surface area (Å²) in [6, 6.07) is 11.1. The average Bonchev–Trinajstić information content (AvgIpc) is 2.86. The van der Waals surface area contributed by atoms with E-state index in [-0.39, 0.29) is 11.3 Å². The first kappa shape index (κ1) is 24.0. The number of halogens is 2. The Balaban J connectivity index is 1.36. The van der Waals surface area contributed by atoms with Crippen LogP contribution in [-0.4, -0.2) is 6.61 Å². The minimum atomic E-state index is -0.918. The molecular weight excluding hydrogens is 414 g/mol. The molecule has 1 saturated carbocycles. The fraction of sp³-hybridized carbons (Fsp3) is 0.533. The normalized spacial score (nSPS) is 25.2. The van der Waals surface area contributed by atoms with Crippen LogP contribution in [0.25, 0.3) is 11.1 Å². The summed E-state index contributed by atoms with van der Waals surface area (Å²) in [6.45, 7) is 4.35. The lowest BCUT2D eigenvalue weighted by Gasteiger charge is -2.35. The topological polar surface area (TPSA) is 9.23 Å². The lowest BCUT2D eigenvalue weighted by Crippen LogP contribution is -2.23. The summed E-state index contributed by atoms with van der Waals surface area (Å²) >= 11 is 0. The molecule has 2 aromatic carbocycles. The van der Waals surface area contributed by atoms with Crippen molar-refractivity contribution in [3.63, 3.8) is 0 Å². The summed E-state index contributed by atoms with van der Waals surface area (Å²) in [6.07, 6.45) is 17.1. The number of allylic oxidation sites excluding steroid dienone is 2. The predicted octanol–water partition coefficient (Wildman–Crippen LogP) is 9.08. The molecule has 2 aliphatic carbocycles. The Morgan fingerprint density at radius 2 is 1.58 bits per heavy atom. The first-order valence-corrected chi connectivity index (χ1v) is 13.0. The largest absolute Gasteiger partial charge is 0.491 e. The van der Waals surface area contributed by atoms with Crippen molar-refractivity contribution < 1.29 is 13.5 Å². The molecule has 178 valence electrons. The van der Waals surface area contributed by atoms with Crippen molar-refractivity contribution in [2.45, 2.75) is 77.6 Å². The summed E-state index contributed by atoms with van der Waals surface area (Å²) in [5.41, 5.74) is 2.22. The predicted molar refractivity (Wildman–Crippen MR) is 133 cm³/mol. The number of unbranched alkanes of at least 4 members (excludes halogenated alkanes) is 1. The molecule has 2 atom stereocenters. The molecule has 0 N–H and O–H groups in total. The first-order valence-electron chi connectivity index (χ1n) is 13.0. The Hall–Kier alpha value is -2.16. The molecule has 3 heteroatoms. The SMILES string of the molecule is CCCCC1CCC(C2C=CC(c3ccc(-c4ccc(OCC)c(F)c4F)cc3)CC2)CC1. The van der Waals surface area contributed by atoms with Crippen molar-refractivity contribution in [2.75, 3.05) is 6.61 Å². The van der Waals surface area contributed by atoms with Crippen LogP contribution in [0.5, 0.6) is 5.75 Å². The van der Waals surface area contributed by atoms with E-state index in [1.165, 1.54) is 69.4 Å². The Labute approximate surface area is 198 Å². The van der Waals surface area contributed by atoms with E-state index in [9.17, 15) is 8.78 Å². The molecule has 0 aliphatic heterocycles. The van der Waals surface area contributed by atoms with Gasteiger partial charge in [-0.1, -0.05) is 75.4 Å². The monoisotopic (exact) mass is 452 g/mol. The summed E-state index contributed by atoms with van der Waals surface area (Å²) < 4.78 is 34.0. The van der Waals surface area contributed by atoms with Crippen molar-refractivity contribution >= 4 is 0 Å². The minimum absolute atomic E-state index is 0.0355. The Bertz CT molecular complexity index is 925. The molecule has 0 spiro atoms. The molecule has 0 radical (unpaired) electrons. The molecule has 4 rings (SSSR count). The second-order valence-electron chi connectivity index (χ2n) is 9.95. The third-order valence-corrected chi connectivity index (χ3v) is 7.86. The molecule has 0 amide bonds. The van der Waals surface area contributed by atoms with Gasteiger partial charge < -0.3 is 4.74 Å². The van der Waals surface area contributed by atoms with E-state index < -0.39 is 11.6 Å². The smallest absolute Gasteiger partial charge is 0.201 e. The number of hydrogen-bond acceptors (Lipinski definition) is 1. The van der Waals surface area contributed by atoms with Crippen LogP contribution in [0.15, 0.2) is 48.6 Å². The van der Waals surface area contributed by atoms with Crippen LogP contribution < -0.4 is 4.74 Å². The Kier molecular flexibility index (Phi) is 8.22. The van der Waals surface area contributed by atoms with E-state index in [1.807, 2.05) is 12.1 Å². The zero-order valence-corrected chi connectivity index (χ0v) is 20.2. The number of hydrogen-bond donors (Lipinski definition) is 0. The highest BCUT2D eigenvalue weighted by molar-refractivity contribution is 5.65. The number of rotatable bonds is 8. The molecule has 0 heterocycles. The van der Waals surface area contributed by atoms with E-state index in [1.54, 1.807) is 13.0 Å². The fourth-order valence-corrected chi connectivity index (χ4v) is 5.84. The summed E-state index contributed by atoms with van der Waals surface area (Å²) in [5, 5.41) is 0. The van der Waals surface area contributed by atoms with Crippen LogP contribution in [0, 0.1) is 29.4 Å². The third-order valence-electron chi connectivity index (χ3n) is 7.86. The highest BCUT2D eigenvalue weighted by Crippen LogP contribution is 2.41. The van der Waals surface area contributed by atoms with Crippen molar-refractivity contribution in [1.29, 1.82) is 0 Å². The van der Waals surface area contributed by atoms with Gasteiger partial charge in [0.05, 0.1) is 6.61 Å². The maximum atomic E-state index is 14.6. The molecule has 2 unspecified atom stereocenters. The zero-order valence-electron chi connectivity index (χ0n) is 20.2. The molecule has 0 aromatic heterocycles. The van der Waals surface area contributed by atoms with Crippen LogP contribution in [0.1, 0.15) is 83.1 Å². The minimum Gasteiger partial charge on any atom is -0.491 e. The molecule has 0 saturated heterocycles. The summed E-state index contributed by atoms with van der Waals surface area (Å²) in [5.74, 6) is 1.17. The molecule has 1 nitrogen and oxygen atoms in total. The summed E-state index contributed by atoms with van der Waals surface area (Å²) in [4.78, 5) is 0. The van der Waals surface area contributed by atoms with E-state index >= 15 is 0 Å². The van der Waals surface area contributed by atoms with Crippen molar-refractivity contribution in [3.05, 3.63) is 65.7 Å². The van der Waals surface area contributed by atoms with Gasteiger partial charge in [0.15, 0.2) is 11.6 Å². The van der Waals surface area contributed by atoms with Gasteiger partial charge in [0, 0.05) is 11.5 Å². The van der Waals surface area contributed by atoms with Crippen LogP contribution >= 0.6 is 0 Å². The summed E-state index contributed by atoms with van der Waals surface area (Å²) in [7, 11) is 0. The van der Waals surface area contributed by atoms with Gasteiger partial charge in [-0.15, -0.1) is 0 Å². The van der Waals surface area contributed by atoms with Gasteiger partial charge >= 0.3 is 0 Å². The molecule has 2 aromatic rings. The molecule has 0 bridgehead atoms. The second kappa shape index (κ2) is 11.3. The second-order valence-corrected chi connectivity index (χ2v) is 9.95. The van der Waals surface area contributed by atoms with Crippen LogP contribution in [0.2, 0.25) is 0 Å². The van der Waals surface area contributed by atoms with Gasteiger partial charge in [-0.05, 0) is 73.6 Å². The van der Waals surface area contributed by atoms with E-state index in [4.69, 9.17) is 4.74 Å². The van der Waals surface area contributed by atoms with Gasteiger partial charge in [0.25, 0.3) is 0 Å². The van der Waals surface area contributed by atoms with Crippen LogP contribution in [-0.2, 0) is 0 Å². The maximum Gasteiger partial charge on any atom is 0.201 e. The van der Waals surface area contributed by atoms with Crippen molar-refractivity contribution in [2.24, 2.45) is 17.8 Å². The van der Waals surface area contributed by atoms with E-state index in [0.29, 0.717) is 18.1 Å². The van der Waals surface area contributed by atoms with Gasteiger partial charge in [0.1, 0.15) is 0 Å². The quantitative estimate of drug-likeness (QED) is 0.363. The van der Waals surface area contributed by atoms with E-state index in [2.05, 4.69) is 31.2 Å². The van der Waals surface area contributed by atoms with Crippen LogP contribution in [0.3, 0.4) is 0 Å². The van der Waals surface area contributed by atoms with Crippen molar-refractivity contribution in [1.82, 2.24) is 0 Å². The lowest BCUT2D eigenvalue weighted by molar-refractivity contribution is 0.207. The van der Waals surface area contributed by atoms with Gasteiger partial charge in [-0.2, -0.15) is 4.39 Å². The van der Waals surface area contributed by atoms with Crippen LogP contribution in [0.4, 0.5) is 8.78 Å². The fourth-order valence-electron chi connectivity index (χ4n) is 5.84. The highest BCUT2D eigenvalue weighted by atomic mass is 19.2. The average molecular weight is 453 g/mol. The third kappa shape index (κ3) is 5.67. The number of ether oxygens (including phenoxy) is 1. The van der Waals surface area contributed by atoms with Crippen molar-refractivity contribution in [3.8, 4) is 16.9 Å².